The van der Waals surface area contributed by atoms with E-state index in [0.29, 0.717) is 0 Å². The number of hydrogen-bond acceptors (Lipinski definition) is 0. The molecule has 0 N–H and O–H groups in total. The second-order valence-corrected chi connectivity index (χ2v) is 6.97. The Morgan fingerprint density at radius 2 is 1.93 bits per heavy atom. The van der Waals surface area contributed by atoms with Gasteiger partial charge in [0.1, 0.15) is 6.26 Å². The van der Waals surface area contributed by atoms with E-state index in [1.807, 2.05) is 0 Å². The molecule has 1 aromatic carbocycles. The Labute approximate surface area is 97.8 Å². The topological polar surface area (TPSA) is 0 Å². The van der Waals surface area contributed by atoms with E-state index in [-0.39, 0.29) is 31.6 Å². The molecule has 72 valence electrons. The van der Waals surface area contributed by atoms with E-state index < -0.39 is 0 Å². The second kappa shape index (κ2) is 4.94. The zero-order valence-electron chi connectivity index (χ0n) is 7.98. The summed E-state index contributed by atoms with van der Waals surface area (Å²) >= 11 is 0.182. The van der Waals surface area contributed by atoms with Gasteiger partial charge in [-0.2, -0.15) is 0 Å². The molecule has 1 atom stereocenters. The summed E-state index contributed by atoms with van der Waals surface area (Å²) in [5.41, 5.74) is 0. The maximum absolute atomic E-state index is 2.43. The molecule has 0 fully saturated rings. The molecule has 14 heavy (non-hydrogen) atoms. The van der Waals surface area contributed by atoms with Crippen LogP contribution in [0.4, 0.5) is 0 Å². The van der Waals surface area contributed by atoms with Gasteiger partial charge in [0.05, 0.1) is 10.9 Å². The summed E-state index contributed by atoms with van der Waals surface area (Å²) in [7, 11) is 0.262. The van der Waals surface area contributed by atoms with Crippen molar-refractivity contribution in [2.45, 2.75) is 4.90 Å². The van der Waals surface area contributed by atoms with Crippen LogP contribution in [0.3, 0.4) is 0 Å². The maximum Gasteiger partial charge on any atom is 0.166 e. The summed E-state index contributed by atoms with van der Waals surface area (Å²) in [6.07, 6.45) is 6.76. The van der Waals surface area contributed by atoms with Gasteiger partial charge in [0.15, 0.2) is 9.80 Å². The summed E-state index contributed by atoms with van der Waals surface area (Å²) in [6, 6.07) is 10.7. The third kappa shape index (κ3) is 2.36. The van der Waals surface area contributed by atoms with Crippen molar-refractivity contribution in [2.24, 2.45) is 0 Å². The van der Waals surface area contributed by atoms with Gasteiger partial charge in [0.2, 0.25) is 0 Å². The van der Waals surface area contributed by atoms with Gasteiger partial charge >= 0.3 is 0 Å². The molecule has 0 amide bonds. The Kier molecular flexibility index (Phi) is 3.59. The minimum Gasteiger partial charge on any atom is -0.0884 e. The first-order valence-electron chi connectivity index (χ1n) is 4.41. The smallest absolute Gasteiger partial charge is 0.0884 e. The fraction of sp³-hybridized carbons (Fsp3) is 0.0833. The van der Waals surface area contributed by atoms with Crippen LogP contribution in [0.2, 0.25) is 0 Å². The Morgan fingerprint density at radius 3 is 2.57 bits per heavy atom. The molecule has 0 bridgehead atoms. The highest BCUT2D eigenvalue weighted by atomic mass is 127. The van der Waals surface area contributed by atoms with Gasteiger partial charge in [0, 0.05) is 4.08 Å². The molecular formula is C12H12IS+. The van der Waals surface area contributed by atoms with E-state index in [2.05, 4.69) is 56.8 Å². The Hall–Kier alpha value is -0.350. The first kappa shape index (κ1) is 10.2. The van der Waals surface area contributed by atoms with Crippen LogP contribution >= 0.6 is 20.7 Å². The van der Waals surface area contributed by atoms with Gasteiger partial charge in [-0.15, -0.1) is 0 Å². The molecule has 0 aliphatic carbocycles. The molecule has 1 aliphatic rings. The van der Waals surface area contributed by atoms with Crippen LogP contribution in [0.15, 0.2) is 56.4 Å². The van der Waals surface area contributed by atoms with Crippen LogP contribution < -0.4 is 0 Å². The number of allylic oxidation sites excluding steroid dienone is 2. The summed E-state index contributed by atoms with van der Waals surface area (Å²) in [5.74, 6) is 0. The molecule has 1 unspecified atom stereocenters. The largest absolute Gasteiger partial charge is 0.166 e. The molecule has 2 rings (SSSR count). The van der Waals surface area contributed by atoms with E-state index >= 15 is 0 Å². The summed E-state index contributed by atoms with van der Waals surface area (Å²) in [5, 5.41) is 0. The van der Waals surface area contributed by atoms with Crippen LogP contribution in [-0.4, -0.2) is 10.3 Å². The van der Waals surface area contributed by atoms with Crippen molar-refractivity contribution in [2.75, 3.05) is 6.26 Å². The van der Waals surface area contributed by atoms with E-state index in [1.165, 1.54) is 9.80 Å². The summed E-state index contributed by atoms with van der Waals surface area (Å²) in [4.78, 5) is 2.95. The molecule has 0 saturated carbocycles. The molecule has 0 radical (unpaired) electrons. The highest BCUT2D eigenvalue weighted by Crippen LogP contribution is 2.24. The number of benzene rings is 1. The number of halogens is 1. The maximum atomic E-state index is 2.43. The first-order valence-corrected chi connectivity index (χ1v) is 8.53. The van der Waals surface area contributed by atoms with Gasteiger partial charge in [-0.05, 0) is 22.2 Å². The average molecular weight is 315 g/mol. The lowest BCUT2D eigenvalue weighted by atomic mass is 10.4. The molecule has 1 aromatic rings. The minimum absolute atomic E-state index is 0.182. The average Bonchev–Trinajstić information content (AvgIpc) is 2.30. The molecular weight excluding hydrogens is 303 g/mol. The van der Waals surface area contributed by atoms with E-state index in [0.717, 1.165) is 0 Å². The van der Waals surface area contributed by atoms with Crippen LogP contribution in [0.1, 0.15) is 0 Å². The van der Waals surface area contributed by atoms with Gasteiger partial charge in [-0.3, -0.25) is 0 Å². The van der Waals surface area contributed by atoms with Crippen molar-refractivity contribution in [1.29, 1.82) is 0 Å². The third-order valence-corrected chi connectivity index (χ3v) is 6.25. The van der Waals surface area contributed by atoms with Crippen molar-refractivity contribution in [3.8, 4) is 0 Å². The van der Waals surface area contributed by atoms with Crippen molar-refractivity contribution >= 4 is 35.6 Å². The van der Waals surface area contributed by atoms with E-state index in [1.54, 1.807) is 0 Å². The summed E-state index contributed by atoms with van der Waals surface area (Å²) < 4.78 is 4.72. The van der Waals surface area contributed by atoms with Crippen molar-refractivity contribution in [1.82, 2.24) is 0 Å². The monoisotopic (exact) mass is 315 g/mol. The van der Waals surface area contributed by atoms with Crippen LogP contribution in [0, 0.1) is 0 Å². The van der Waals surface area contributed by atoms with Crippen LogP contribution in [-0.2, 0) is 10.9 Å². The van der Waals surface area contributed by atoms with Crippen molar-refractivity contribution in [3.63, 3.8) is 0 Å². The zero-order valence-corrected chi connectivity index (χ0v) is 11.0. The molecule has 1 heterocycles. The minimum atomic E-state index is 0.182. The van der Waals surface area contributed by atoms with E-state index in [9.17, 15) is 0 Å². The van der Waals surface area contributed by atoms with Crippen LogP contribution in [0.25, 0.3) is 0 Å². The predicted octanol–water partition coefficient (Wildman–Crippen LogP) is 3.48. The van der Waals surface area contributed by atoms with Gasteiger partial charge in [0.25, 0.3) is 0 Å². The molecule has 1 aliphatic heterocycles. The number of hydrogen-bond donors (Lipinski definition) is 0. The van der Waals surface area contributed by atoms with E-state index in [4.69, 9.17) is 0 Å². The quantitative estimate of drug-likeness (QED) is 0.579. The molecule has 0 aromatic heterocycles. The molecule has 0 saturated heterocycles. The first-order chi connectivity index (χ1) is 6.88. The molecule has 0 spiro atoms. The Balaban J connectivity index is 2.25. The lowest BCUT2D eigenvalue weighted by Gasteiger charge is -2.03. The normalized spacial score (nSPS) is 17.1. The predicted molar refractivity (Wildman–Crippen MR) is 75.3 cm³/mol. The fourth-order valence-corrected chi connectivity index (χ4v) is 5.20. The Bertz CT molecular complexity index is 390. The standard InChI is InChI=1S/C12H12IS/c1-14(11-6-3-2-4-7-11)12-8-5-9-13-10-12/h2-10H,1H3/q+1. The van der Waals surface area contributed by atoms with Gasteiger partial charge < -0.3 is 0 Å². The third-order valence-electron chi connectivity index (χ3n) is 2.03. The zero-order chi connectivity index (χ0) is 9.80. The lowest BCUT2D eigenvalue weighted by Crippen LogP contribution is -2.01. The second-order valence-electron chi connectivity index (χ2n) is 2.95. The fourth-order valence-electron chi connectivity index (χ4n) is 1.24. The van der Waals surface area contributed by atoms with Crippen LogP contribution in [0.5, 0.6) is 0 Å². The highest BCUT2D eigenvalue weighted by molar-refractivity contribution is 14.2. The van der Waals surface area contributed by atoms with Crippen molar-refractivity contribution < 1.29 is 0 Å². The molecule has 0 nitrogen and oxygen atoms in total. The summed E-state index contributed by atoms with van der Waals surface area (Å²) in [6.45, 7) is 0. The lowest BCUT2D eigenvalue weighted by molar-refractivity contribution is 1.45. The Morgan fingerprint density at radius 1 is 1.14 bits per heavy atom. The highest BCUT2D eigenvalue weighted by Gasteiger charge is 2.19. The van der Waals surface area contributed by atoms with Gasteiger partial charge in [-0.1, -0.05) is 45.0 Å². The van der Waals surface area contributed by atoms with Gasteiger partial charge in [-0.25, -0.2) is 0 Å². The number of rotatable bonds is 2. The SMILES string of the molecule is C[S+](C1=CI=CC=C1)c1ccccc1. The molecule has 2 heteroatoms. The van der Waals surface area contributed by atoms with Crippen molar-refractivity contribution in [3.05, 3.63) is 51.5 Å².